The third-order valence-corrected chi connectivity index (χ3v) is 7.58. The smallest absolute Gasteiger partial charge is 0.250 e. The van der Waals surface area contributed by atoms with Crippen LogP contribution in [-0.2, 0) is 16.6 Å². The molecule has 0 fully saturated rings. The summed E-state index contributed by atoms with van der Waals surface area (Å²) in [6.07, 6.45) is -0.711. The quantitative estimate of drug-likeness (QED) is 0.657. The van der Waals surface area contributed by atoms with Crippen LogP contribution in [0.1, 0.15) is 21.4 Å². The first-order chi connectivity index (χ1) is 11.5. The molecular formula is C16H14ClNO3S3. The summed E-state index contributed by atoms with van der Waals surface area (Å²) in [5.74, 6) is 0. The molecule has 0 bridgehead atoms. The Hall–Kier alpha value is -1.22. The lowest BCUT2D eigenvalue weighted by atomic mass is 10.1. The molecule has 1 aromatic carbocycles. The Morgan fingerprint density at radius 2 is 1.79 bits per heavy atom. The first-order valence-electron chi connectivity index (χ1n) is 7.02. The van der Waals surface area contributed by atoms with Gasteiger partial charge >= 0.3 is 0 Å². The van der Waals surface area contributed by atoms with E-state index in [0.717, 1.165) is 26.7 Å². The van der Waals surface area contributed by atoms with Gasteiger partial charge in [-0.05, 0) is 29.8 Å². The SMILES string of the molecule is O=S(=O)(NCc1ccc([C@@H](O)c2ccccc2)s1)c1ccc(Cl)s1. The molecule has 3 aromatic rings. The number of nitrogens with one attached hydrogen (secondary N) is 1. The molecule has 3 rings (SSSR count). The first-order valence-corrected chi connectivity index (χ1v) is 10.5. The van der Waals surface area contributed by atoms with Gasteiger partial charge in [-0.15, -0.1) is 22.7 Å². The van der Waals surface area contributed by atoms with Gasteiger partial charge in [-0.3, -0.25) is 0 Å². The lowest BCUT2D eigenvalue weighted by Gasteiger charge is -2.08. The molecule has 8 heteroatoms. The second-order valence-corrected chi connectivity index (χ2v) is 9.91. The Balaban J connectivity index is 1.68. The molecule has 0 aliphatic rings. The van der Waals surface area contributed by atoms with Crippen LogP contribution >= 0.6 is 34.3 Å². The normalized spacial score (nSPS) is 13.1. The molecule has 0 saturated carbocycles. The van der Waals surface area contributed by atoms with Gasteiger partial charge in [0.05, 0.1) is 4.34 Å². The monoisotopic (exact) mass is 399 g/mol. The third-order valence-electron chi connectivity index (χ3n) is 3.32. The van der Waals surface area contributed by atoms with Crippen LogP contribution in [0.15, 0.2) is 58.8 Å². The largest absolute Gasteiger partial charge is 0.383 e. The van der Waals surface area contributed by atoms with Gasteiger partial charge in [0.1, 0.15) is 10.3 Å². The zero-order valence-corrected chi connectivity index (χ0v) is 15.6. The third kappa shape index (κ3) is 4.05. The zero-order chi connectivity index (χ0) is 17.2. The molecule has 0 unspecified atom stereocenters. The minimum atomic E-state index is -3.57. The van der Waals surface area contributed by atoms with Crippen molar-refractivity contribution in [1.29, 1.82) is 0 Å². The van der Waals surface area contributed by atoms with E-state index in [2.05, 4.69) is 4.72 Å². The van der Waals surface area contributed by atoms with Crippen molar-refractivity contribution in [2.24, 2.45) is 0 Å². The fraction of sp³-hybridized carbons (Fsp3) is 0.125. The van der Waals surface area contributed by atoms with Crippen molar-refractivity contribution >= 4 is 44.3 Å². The van der Waals surface area contributed by atoms with Gasteiger partial charge in [-0.1, -0.05) is 41.9 Å². The van der Waals surface area contributed by atoms with Gasteiger partial charge < -0.3 is 5.11 Å². The maximum absolute atomic E-state index is 12.2. The van der Waals surface area contributed by atoms with Crippen molar-refractivity contribution in [3.63, 3.8) is 0 Å². The molecule has 2 heterocycles. The number of sulfonamides is 1. The number of aliphatic hydroxyl groups is 1. The second-order valence-electron chi connectivity index (χ2n) is 5.00. The van der Waals surface area contributed by atoms with Gasteiger partial charge in [0.15, 0.2) is 0 Å². The van der Waals surface area contributed by atoms with Crippen molar-refractivity contribution in [3.8, 4) is 0 Å². The maximum Gasteiger partial charge on any atom is 0.250 e. The van der Waals surface area contributed by atoms with Crippen LogP contribution in [0.3, 0.4) is 0 Å². The minimum absolute atomic E-state index is 0.171. The van der Waals surface area contributed by atoms with E-state index in [1.165, 1.54) is 17.4 Å². The minimum Gasteiger partial charge on any atom is -0.383 e. The number of benzene rings is 1. The summed E-state index contributed by atoms with van der Waals surface area (Å²) in [7, 11) is -3.57. The molecule has 0 aliphatic carbocycles. The Kier molecular flexibility index (Phi) is 5.39. The molecule has 0 saturated heterocycles. The summed E-state index contributed by atoms with van der Waals surface area (Å²) in [5.41, 5.74) is 0.805. The van der Waals surface area contributed by atoms with Gasteiger partial charge in [0, 0.05) is 16.3 Å². The lowest BCUT2D eigenvalue weighted by molar-refractivity contribution is 0.224. The molecule has 0 aliphatic heterocycles. The van der Waals surface area contributed by atoms with Crippen LogP contribution in [-0.4, -0.2) is 13.5 Å². The number of rotatable bonds is 6. The summed E-state index contributed by atoms with van der Waals surface area (Å²) >= 11 is 8.17. The van der Waals surface area contributed by atoms with E-state index in [-0.39, 0.29) is 10.8 Å². The van der Waals surface area contributed by atoms with Crippen LogP contribution in [0.5, 0.6) is 0 Å². The van der Waals surface area contributed by atoms with E-state index >= 15 is 0 Å². The van der Waals surface area contributed by atoms with Gasteiger partial charge in [-0.2, -0.15) is 0 Å². The molecule has 0 spiro atoms. The van der Waals surface area contributed by atoms with Crippen molar-refractivity contribution in [1.82, 2.24) is 4.72 Å². The highest BCUT2D eigenvalue weighted by molar-refractivity contribution is 7.91. The summed E-state index contributed by atoms with van der Waals surface area (Å²) in [6.45, 7) is 0.171. The maximum atomic E-state index is 12.2. The number of aliphatic hydroxyl groups excluding tert-OH is 1. The highest BCUT2D eigenvalue weighted by Crippen LogP contribution is 2.29. The van der Waals surface area contributed by atoms with E-state index in [4.69, 9.17) is 11.6 Å². The fourth-order valence-electron chi connectivity index (χ4n) is 2.12. The highest BCUT2D eigenvalue weighted by atomic mass is 35.5. The average molecular weight is 400 g/mol. The first kappa shape index (κ1) is 17.6. The lowest BCUT2D eigenvalue weighted by Crippen LogP contribution is -2.21. The van der Waals surface area contributed by atoms with E-state index in [9.17, 15) is 13.5 Å². The summed E-state index contributed by atoms with van der Waals surface area (Å²) in [5, 5.41) is 10.4. The number of hydrogen-bond donors (Lipinski definition) is 2. The van der Waals surface area contributed by atoms with E-state index in [1.54, 1.807) is 6.07 Å². The van der Waals surface area contributed by atoms with E-state index in [0.29, 0.717) is 4.34 Å². The van der Waals surface area contributed by atoms with Crippen LogP contribution in [0.25, 0.3) is 0 Å². The molecule has 1 atom stereocenters. The van der Waals surface area contributed by atoms with E-state index in [1.807, 2.05) is 42.5 Å². The Labute approximate surface area is 153 Å². The van der Waals surface area contributed by atoms with Crippen LogP contribution in [0, 0.1) is 0 Å². The standard InChI is InChI=1S/C16H14ClNO3S3/c17-14-8-9-15(23-14)24(20,21)18-10-12-6-7-13(22-12)16(19)11-4-2-1-3-5-11/h1-9,16,18-19H,10H2/t16-/m0/s1. The average Bonchev–Trinajstić information content (AvgIpc) is 3.22. The van der Waals surface area contributed by atoms with Crippen molar-refractivity contribution in [2.75, 3.05) is 0 Å². The Morgan fingerprint density at radius 3 is 2.46 bits per heavy atom. The van der Waals surface area contributed by atoms with E-state index < -0.39 is 16.1 Å². The Morgan fingerprint density at radius 1 is 1.04 bits per heavy atom. The molecule has 0 amide bonds. The number of hydrogen-bond acceptors (Lipinski definition) is 5. The van der Waals surface area contributed by atoms with Crippen molar-refractivity contribution in [2.45, 2.75) is 16.9 Å². The van der Waals surface area contributed by atoms with Gasteiger partial charge in [0.2, 0.25) is 10.0 Å². The van der Waals surface area contributed by atoms with Crippen LogP contribution < -0.4 is 4.72 Å². The number of halogens is 1. The molecule has 2 N–H and O–H groups in total. The molecular weight excluding hydrogens is 386 g/mol. The van der Waals surface area contributed by atoms with Crippen molar-refractivity contribution < 1.29 is 13.5 Å². The summed E-state index contributed by atoms with van der Waals surface area (Å²) in [6, 6.07) is 16.0. The highest BCUT2D eigenvalue weighted by Gasteiger charge is 2.18. The fourth-order valence-corrected chi connectivity index (χ4v) is 5.71. The second kappa shape index (κ2) is 7.35. The molecule has 24 heavy (non-hydrogen) atoms. The molecule has 2 aromatic heterocycles. The molecule has 0 radical (unpaired) electrons. The number of thiophene rings is 2. The molecule has 126 valence electrons. The van der Waals surface area contributed by atoms with Crippen molar-refractivity contribution in [3.05, 3.63) is 74.3 Å². The van der Waals surface area contributed by atoms with Crippen LogP contribution in [0.2, 0.25) is 4.34 Å². The topological polar surface area (TPSA) is 66.4 Å². The van der Waals surface area contributed by atoms with Gasteiger partial charge in [0.25, 0.3) is 0 Å². The zero-order valence-electron chi connectivity index (χ0n) is 12.3. The predicted octanol–water partition coefficient (Wildman–Crippen LogP) is 4.02. The summed E-state index contributed by atoms with van der Waals surface area (Å²) in [4.78, 5) is 1.60. The summed E-state index contributed by atoms with van der Waals surface area (Å²) < 4.78 is 27.5. The molecule has 4 nitrogen and oxygen atoms in total. The Bertz CT molecular complexity index is 919. The van der Waals surface area contributed by atoms with Crippen LogP contribution in [0.4, 0.5) is 0 Å². The predicted molar refractivity (Wildman–Crippen MR) is 98.2 cm³/mol. The van der Waals surface area contributed by atoms with Gasteiger partial charge in [-0.25, -0.2) is 13.1 Å².